The molecule has 0 aliphatic carbocycles. The van der Waals surface area contributed by atoms with Crippen molar-refractivity contribution in [3.05, 3.63) is 80.4 Å². The molecule has 0 radical (unpaired) electrons. The third-order valence-corrected chi connectivity index (χ3v) is 7.71. The van der Waals surface area contributed by atoms with E-state index in [0.29, 0.717) is 17.9 Å². The number of carbonyl (C=O) groups is 1. The summed E-state index contributed by atoms with van der Waals surface area (Å²) in [5.74, 6) is 1.74. The molecule has 3 aliphatic heterocycles. The van der Waals surface area contributed by atoms with E-state index in [9.17, 15) is 20.2 Å². The number of anilines is 3. The van der Waals surface area contributed by atoms with E-state index in [1.165, 1.54) is 24.4 Å². The number of nitrogens with two attached hydrogens (primary N) is 1. The van der Waals surface area contributed by atoms with Crippen LogP contribution in [-0.4, -0.2) is 107 Å². The van der Waals surface area contributed by atoms with E-state index in [0.717, 1.165) is 57.1 Å². The topological polar surface area (TPSA) is 247 Å². The van der Waals surface area contributed by atoms with Crippen LogP contribution in [0.2, 0.25) is 5.15 Å². The molecule has 3 aliphatic rings. The Kier molecular flexibility index (Phi) is 28.9. The van der Waals surface area contributed by atoms with E-state index in [2.05, 4.69) is 62.7 Å². The van der Waals surface area contributed by atoms with Gasteiger partial charge in [-0.15, -0.1) is 0 Å². The first kappa shape index (κ1) is 54.5. The van der Waals surface area contributed by atoms with Gasteiger partial charge >= 0.3 is 103 Å². The van der Waals surface area contributed by atoms with Gasteiger partial charge in [-0.2, -0.15) is 0 Å². The first-order valence-corrected chi connectivity index (χ1v) is 17.5. The Morgan fingerprint density at radius 2 is 1.11 bits per heavy atom. The third kappa shape index (κ3) is 22.0. The maximum atomic E-state index is 10.5. The van der Waals surface area contributed by atoms with E-state index in [-0.39, 0.29) is 152 Å². The second-order valence-electron chi connectivity index (χ2n) is 12.6. The van der Waals surface area contributed by atoms with Crippen molar-refractivity contribution in [1.29, 1.82) is 0 Å². The zero-order valence-corrected chi connectivity index (χ0v) is 40.2. The number of morpholine rings is 3. The Labute approximate surface area is 418 Å². The average molecular weight is 858 g/mol. The minimum atomic E-state index is -0.524. The second kappa shape index (κ2) is 29.7. The second-order valence-corrected chi connectivity index (χ2v) is 13.0. The van der Waals surface area contributed by atoms with Crippen LogP contribution in [-0.2, 0) is 23.9 Å². The van der Waals surface area contributed by atoms with Crippen LogP contribution in [0.4, 0.5) is 28.7 Å². The number of nitrogens with zero attached hydrogens (tertiary/aromatic N) is 7. The number of rotatable bonds is 5. The summed E-state index contributed by atoms with van der Waals surface area (Å²) in [6, 6.07) is 9.68. The molecule has 3 fully saturated rings. The summed E-state index contributed by atoms with van der Waals surface area (Å²) in [5.41, 5.74) is 6.27. The van der Waals surface area contributed by atoms with Gasteiger partial charge < -0.3 is 46.6 Å². The van der Waals surface area contributed by atoms with Crippen LogP contribution in [0.5, 0.6) is 0 Å². The Morgan fingerprint density at radius 3 is 1.39 bits per heavy atom. The van der Waals surface area contributed by atoms with Crippen LogP contribution in [0.15, 0.2) is 55.0 Å². The fraction of sp³-hybridized carbons (Fsp3) is 0.529. The summed E-state index contributed by atoms with van der Waals surface area (Å²) >= 11 is 5.38. The molecular weight excluding hydrogens is 808 g/mol. The first-order valence-electron chi connectivity index (χ1n) is 17.1. The van der Waals surface area contributed by atoms with Gasteiger partial charge in [0.2, 0.25) is 0 Å². The maximum Gasteiger partial charge on any atom is 1.00 e. The van der Waals surface area contributed by atoms with Crippen molar-refractivity contribution < 1.29 is 143 Å². The number of hydrogen-bond acceptors (Lipinski definition) is 17. The SMILES string of the molecule is C[C@@H]1CN(c2ccc(N)cn2)C[C@H](C)O1.C[C@@H]1CN(c2ccc([N+](=O)[O-])cn2)C[C@H](C)O1.C[C@@H]1CNC[C@H](C)O1.O=CO[O-].O=[N+]([O-])c1ccc(Cl)nc1.[H-].[K+].[K+]. The van der Waals surface area contributed by atoms with Crippen molar-refractivity contribution in [1.82, 2.24) is 20.3 Å². The van der Waals surface area contributed by atoms with E-state index in [1.807, 2.05) is 26.0 Å². The Bertz CT molecular complexity index is 1540. The number of carbonyl (C=O) groups excluding carboxylic acids is 1. The Morgan fingerprint density at radius 1 is 0.732 bits per heavy atom. The van der Waals surface area contributed by atoms with Crippen molar-refractivity contribution in [3.63, 3.8) is 0 Å². The number of halogens is 1. The number of nitrogen functional groups attached to an aromatic ring is 1. The predicted octanol–water partition coefficient (Wildman–Crippen LogP) is -2.54. The quantitative estimate of drug-likeness (QED) is 0.0671. The first-order chi connectivity index (χ1) is 25.6. The number of nitrogens with one attached hydrogen (secondary N) is 1. The number of aromatic nitrogens is 3. The normalized spacial score (nSPS) is 22.4. The molecule has 56 heavy (non-hydrogen) atoms. The van der Waals surface area contributed by atoms with E-state index < -0.39 is 9.85 Å². The van der Waals surface area contributed by atoms with E-state index in [1.54, 1.807) is 12.3 Å². The standard InChI is InChI=1S/C11H15N3O3.C11H17N3O.C6H13NO.C5H3ClN2O2.CH2O3.2K.H/c1-8-6-13(7-9(2)17-8)11-4-3-10(5-12-11)14(15)16;1-8-6-14(7-9(2)15-8)11-4-3-10(12)5-13-11;1-5-3-7-4-6(2)8-5;6-5-2-1-4(3-7-5)8(9)10;2-1-4-3;;;/h3-5,8-9H,6-7H2,1-2H3;3-5,8-9H,6-7,12H2,1-2H3;5-7H,3-4H2,1-2H3;1-3H;1,3H;;;/q;;;;;2*+1;-1/p-1/t2*8-,9+;5-,6+;;;;;. The summed E-state index contributed by atoms with van der Waals surface area (Å²) in [4.78, 5) is 47.1. The van der Waals surface area contributed by atoms with Gasteiger partial charge in [0.05, 0.1) is 58.4 Å². The molecule has 300 valence electrons. The molecule has 3 aromatic rings. The molecule has 3 aromatic heterocycles. The van der Waals surface area contributed by atoms with Crippen LogP contribution in [0.1, 0.15) is 43.0 Å². The number of hydrogen-bond donors (Lipinski definition) is 2. The van der Waals surface area contributed by atoms with Crippen molar-refractivity contribution in [3.8, 4) is 0 Å². The Balaban J connectivity index is 0. The summed E-state index contributed by atoms with van der Waals surface area (Å²) in [5, 5.41) is 32.5. The van der Waals surface area contributed by atoms with Gasteiger partial charge in [0.15, 0.2) is 0 Å². The summed E-state index contributed by atoms with van der Waals surface area (Å²) < 4.78 is 16.7. The zero-order valence-electron chi connectivity index (χ0n) is 34.1. The molecule has 0 amide bonds. The molecule has 3 saturated heterocycles. The molecule has 0 aromatic carbocycles. The predicted molar refractivity (Wildman–Crippen MR) is 201 cm³/mol. The van der Waals surface area contributed by atoms with Gasteiger partial charge in [-0.05, 0) is 65.8 Å². The number of nitro groups is 2. The van der Waals surface area contributed by atoms with Crippen molar-refractivity contribution in [2.24, 2.45) is 0 Å². The van der Waals surface area contributed by atoms with Crippen molar-refractivity contribution >= 4 is 46.8 Å². The summed E-state index contributed by atoms with van der Waals surface area (Å²) in [7, 11) is 0. The largest absolute Gasteiger partial charge is 1.00 e. The minimum absolute atomic E-state index is 0. The fourth-order valence-corrected chi connectivity index (χ4v) is 5.56. The van der Waals surface area contributed by atoms with Crippen molar-refractivity contribution in [2.75, 3.05) is 54.8 Å². The Hall–Kier alpha value is -1.52. The molecule has 0 saturated carbocycles. The van der Waals surface area contributed by atoms with E-state index >= 15 is 0 Å². The van der Waals surface area contributed by atoms with Gasteiger partial charge in [-0.1, -0.05) is 11.6 Å². The van der Waals surface area contributed by atoms with Gasteiger partial charge in [-0.25, -0.2) is 15.0 Å². The van der Waals surface area contributed by atoms with Gasteiger partial charge in [-0.3, -0.25) is 25.0 Å². The maximum absolute atomic E-state index is 10.5. The number of ether oxygens (including phenoxy) is 3. The number of pyridine rings is 3. The van der Waals surface area contributed by atoms with Crippen LogP contribution >= 0.6 is 11.6 Å². The molecule has 6 rings (SSSR count). The monoisotopic (exact) mass is 857 g/mol. The molecular formula is C34H50ClK2N9O10. The molecule has 6 heterocycles. The molecule has 22 heteroatoms. The van der Waals surface area contributed by atoms with Gasteiger partial charge in [0.25, 0.3) is 17.8 Å². The molecule has 19 nitrogen and oxygen atoms in total. The van der Waals surface area contributed by atoms with Gasteiger partial charge in [0.1, 0.15) is 29.2 Å². The van der Waals surface area contributed by atoms with E-state index in [4.69, 9.17) is 41.6 Å². The average Bonchev–Trinajstić information content (AvgIpc) is 3.12. The molecule has 0 spiro atoms. The van der Waals surface area contributed by atoms with Crippen LogP contribution < -0.4 is 129 Å². The third-order valence-electron chi connectivity index (χ3n) is 7.49. The molecule has 0 bridgehead atoms. The van der Waals surface area contributed by atoms with Crippen LogP contribution in [0.3, 0.4) is 0 Å². The fourth-order valence-electron chi connectivity index (χ4n) is 5.45. The summed E-state index contributed by atoms with van der Waals surface area (Å²) in [6.45, 7) is 17.5. The molecule has 0 unspecified atom stereocenters. The van der Waals surface area contributed by atoms with Crippen molar-refractivity contribution in [2.45, 2.75) is 78.2 Å². The van der Waals surface area contributed by atoms with Crippen LogP contribution in [0.25, 0.3) is 0 Å². The zero-order chi connectivity index (χ0) is 40.2. The van der Waals surface area contributed by atoms with Gasteiger partial charge in [0, 0.05) is 51.4 Å². The molecule has 6 atom stereocenters. The summed E-state index contributed by atoms with van der Waals surface area (Å²) in [6.07, 6.45) is 5.72. The smallest absolute Gasteiger partial charge is 1.00 e. The molecule has 3 N–H and O–H groups in total. The minimum Gasteiger partial charge on any atom is -1.00 e. The van der Waals surface area contributed by atoms with Crippen LogP contribution in [0, 0.1) is 20.2 Å².